The van der Waals surface area contributed by atoms with Crippen LogP contribution in [0.15, 0.2) is 67.4 Å². The van der Waals surface area contributed by atoms with Crippen molar-refractivity contribution in [3.63, 3.8) is 0 Å². The van der Waals surface area contributed by atoms with Crippen molar-refractivity contribution >= 4 is 12.2 Å². The molecule has 8 nitrogen and oxygen atoms in total. The number of imidazole rings is 1. The van der Waals surface area contributed by atoms with Gasteiger partial charge < -0.3 is 4.74 Å². The Morgan fingerprint density at radius 3 is 2.23 bits per heavy atom. The van der Waals surface area contributed by atoms with E-state index in [1.807, 2.05) is 25.1 Å². The largest absolute Gasteiger partial charge is 0.468 e. The lowest BCUT2D eigenvalue weighted by Gasteiger charge is -2.04. The average Bonchev–Trinajstić information content (AvgIpc) is 3.10. The summed E-state index contributed by atoms with van der Waals surface area (Å²) >= 11 is 0. The highest BCUT2D eigenvalue weighted by molar-refractivity contribution is 5.52. The number of nitrogens with zero attached hydrogens (tertiary/aromatic N) is 4. The van der Waals surface area contributed by atoms with Gasteiger partial charge in [-0.05, 0) is 32.0 Å². The SMILES string of the molecule is CCOC=O.Cc1cncn1-c1ccccc1[N+](=O)[O-].c1ccncc1. The summed E-state index contributed by atoms with van der Waals surface area (Å²) in [5.41, 5.74) is 1.49. The van der Waals surface area contributed by atoms with Crippen LogP contribution in [0.1, 0.15) is 12.6 Å². The smallest absolute Gasteiger partial charge is 0.293 e. The molecule has 3 aromatic rings. The minimum absolute atomic E-state index is 0.0820. The minimum atomic E-state index is -0.394. The van der Waals surface area contributed by atoms with E-state index in [4.69, 9.17) is 0 Å². The summed E-state index contributed by atoms with van der Waals surface area (Å²) in [6, 6.07) is 12.3. The van der Waals surface area contributed by atoms with Crippen molar-refractivity contribution in [1.29, 1.82) is 0 Å². The normalized spacial score (nSPS) is 9.00. The van der Waals surface area contributed by atoms with Crippen molar-refractivity contribution in [1.82, 2.24) is 14.5 Å². The van der Waals surface area contributed by atoms with Gasteiger partial charge in [0.25, 0.3) is 12.2 Å². The van der Waals surface area contributed by atoms with E-state index in [2.05, 4.69) is 14.7 Å². The van der Waals surface area contributed by atoms with Gasteiger partial charge in [-0.1, -0.05) is 18.2 Å². The van der Waals surface area contributed by atoms with Crippen molar-refractivity contribution in [2.75, 3.05) is 6.61 Å². The Balaban J connectivity index is 0.000000253. The van der Waals surface area contributed by atoms with E-state index in [-0.39, 0.29) is 5.69 Å². The molecule has 8 heteroatoms. The standard InChI is InChI=1S/C10H9N3O2.C5H5N.C3H6O2/c1-8-6-11-7-12(8)9-4-2-3-5-10(9)13(14)15;1-2-4-6-5-3-1;1-2-5-3-4/h2-7H,1H3;1-5H;3H,2H2,1H3. The summed E-state index contributed by atoms with van der Waals surface area (Å²) in [6.07, 6.45) is 6.73. The third-order valence-corrected chi connectivity index (χ3v) is 2.96. The monoisotopic (exact) mass is 356 g/mol. The first kappa shape index (κ1) is 20.5. The van der Waals surface area contributed by atoms with E-state index in [0.29, 0.717) is 18.8 Å². The number of hydrogen-bond acceptors (Lipinski definition) is 6. The van der Waals surface area contributed by atoms with Gasteiger partial charge in [0, 0.05) is 30.4 Å². The molecule has 2 heterocycles. The van der Waals surface area contributed by atoms with Crippen LogP contribution in [0.5, 0.6) is 0 Å². The average molecular weight is 356 g/mol. The van der Waals surface area contributed by atoms with Gasteiger partial charge >= 0.3 is 0 Å². The van der Waals surface area contributed by atoms with Crippen LogP contribution >= 0.6 is 0 Å². The fraction of sp³-hybridized carbons (Fsp3) is 0.167. The molecule has 26 heavy (non-hydrogen) atoms. The maximum Gasteiger partial charge on any atom is 0.293 e. The fourth-order valence-corrected chi connectivity index (χ4v) is 1.82. The predicted molar refractivity (Wildman–Crippen MR) is 96.9 cm³/mol. The number of aryl methyl sites for hydroxylation is 1. The number of pyridine rings is 1. The summed E-state index contributed by atoms with van der Waals surface area (Å²) in [5, 5.41) is 10.8. The second-order valence-corrected chi connectivity index (χ2v) is 4.73. The summed E-state index contributed by atoms with van der Waals surface area (Å²) in [5.74, 6) is 0. The summed E-state index contributed by atoms with van der Waals surface area (Å²) < 4.78 is 5.85. The molecule has 0 spiro atoms. The number of carbonyl (C=O) groups excluding carboxylic acids is 1. The van der Waals surface area contributed by atoms with Crippen LogP contribution in [0, 0.1) is 17.0 Å². The van der Waals surface area contributed by atoms with E-state index in [1.54, 1.807) is 54.6 Å². The molecule has 0 radical (unpaired) electrons. The van der Waals surface area contributed by atoms with Gasteiger partial charge in [-0.3, -0.25) is 24.5 Å². The van der Waals surface area contributed by atoms with Crippen molar-refractivity contribution in [3.8, 4) is 5.69 Å². The van der Waals surface area contributed by atoms with Crippen LogP contribution in [0.4, 0.5) is 5.69 Å². The van der Waals surface area contributed by atoms with E-state index in [9.17, 15) is 14.9 Å². The fourth-order valence-electron chi connectivity index (χ4n) is 1.82. The second-order valence-electron chi connectivity index (χ2n) is 4.73. The zero-order valence-electron chi connectivity index (χ0n) is 14.6. The molecule has 0 unspecified atom stereocenters. The van der Waals surface area contributed by atoms with Crippen molar-refractivity contribution in [2.45, 2.75) is 13.8 Å². The molecule has 0 aliphatic carbocycles. The van der Waals surface area contributed by atoms with Gasteiger partial charge in [0.1, 0.15) is 5.69 Å². The first-order valence-corrected chi connectivity index (χ1v) is 7.74. The highest BCUT2D eigenvalue weighted by Crippen LogP contribution is 2.22. The Labute approximate surface area is 151 Å². The Kier molecular flexibility index (Phi) is 9.38. The lowest BCUT2D eigenvalue weighted by atomic mass is 10.2. The summed E-state index contributed by atoms with van der Waals surface area (Å²) in [6.45, 7) is 4.52. The van der Waals surface area contributed by atoms with E-state index >= 15 is 0 Å². The first-order chi connectivity index (χ1) is 12.6. The highest BCUT2D eigenvalue weighted by atomic mass is 16.6. The van der Waals surface area contributed by atoms with E-state index < -0.39 is 4.92 Å². The molecule has 0 amide bonds. The van der Waals surface area contributed by atoms with Crippen LogP contribution in [0.3, 0.4) is 0 Å². The van der Waals surface area contributed by atoms with Crippen molar-refractivity contribution in [2.24, 2.45) is 0 Å². The number of aromatic nitrogens is 3. The highest BCUT2D eigenvalue weighted by Gasteiger charge is 2.14. The summed E-state index contributed by atoms with van der Waals surface area (Å²) in [4.78, 5) is 27.3. The van der Waals surface area contributed by atoms with Crippen LogP contribution in [-0.4, -0.2) is 32.5 Å². The third-order valence-electron chi connectivity index (χ3n) is 2.96. The Morgan fingerprint density at radius 1 is 1.15 bits per heavy atom. The molecule has 2 aromatic heterocycles. The van der Waals surface area contributed by atoms with E-state index in [0.717, 1.165) is 5.69 Å². The molecule has 136 valence electrons. The molecule has 0 N–H and O–H groups in total. The molecule has 0 atom stereocenters. The number of ether oxygens (including phenoxy) is 1. The molecule has 0 fully saturated rings. The van der Waals surface area contributed by atoms with Gasteiger partial charge in [-0.25, -0.2) is 4.98 Å². The van der Waals surface area contributed by atoms with Gasteiger partial charge in [0.05, 0.1) is 17.9 Å². The minimum Gasteiger partial charge on any atom is -0.468 e. The Hall–Kier alpha value is -3.55. The number of hydrogen-bond donors (Lipinski definition) is 0. The van der Waals surface area contributed by atoms with Gasteiger partial charge in [0.15, 0.2) is 0 Å². The molecular formula is C18H20N4O4. The van der Waals surface area contributed by atoms with Crippen molar-refractivity contribution in [3.05, 3.63) is 83.2 Å². The number of nitro benzene ring substituents is 1. The molecule has 0 bridgehead atoms. The van der Waals surface area contributed by atoms with Crippen molar-refractivity contribution < 1.29 is 14.5 Å². The molecule has 0 saturated carbocycles. The maximum absolute atomic E-state index is 10.8. The van der Waals surface area contributed by atoms with Gasteiger partial charge in [-0.2, -0.15) is 0 Å². The molecule has 0 saturated heterocycles. The topological polar surface area (TPSA) is 100 Å². The second kappa shape index (κ2) is 11.9. The number of nitro groups is 1. The molecule has 0 aliphatic heterocycles. The quantitative estimate of drug-likeness (QED) is 0.404. The van der Waals surface area contributed by atoms with Crippen LogP contribution < -0.4 is 0 Å². The molecule has 1 aromatic carbocycles. The van der Waals surface area contributed by atoms with Gasteiger partial charge in [-0.15, -0.1) is 0 Å². The van der Waals surface area contributed by atoms with E-state index in [1.165, 1.54) is 6.07 Å². The number of para-hydroxylation sites is 2. The Bertz CT molecular complexity index is 764. The van der Waals surface area contributed by atoms with Gasteiger partial charge in [0.2, 0.25) is 0 Å². The number of rotatable bonds is 4. The maximum atomic E-state index is 10.8. The zero-order chi connectivity index (χ0) is 19.2. The molecule has 0 aliphatic rings. The number of benzene rings is 1. The summed E-state index contributed by atoms with van der Waals surface area (Å²) in [7, 11) is 0. The molecular weight excluding hydrogens is 336 g/mol. The first-order valence-electron chi connectivity index (χ1n) is 7.74. The lowest BCUT2D eigenvalue weighted by molar-refractivity contribution is -0.384. The zero-order valence-corrected chi connectivity index (χ0v) is 14.6. The van der Waals surface area contributed by atoms with Crippen LogP contribution in [0.2, 0.25) is 0 Å². The molecule has 3 rings (SSSR count). The van der Waals surface area contributed by atoms with Crippen LogP contribution in [0.25, 0.3) is 5.69 Å². The lowest BCUT2D eigenvalue weighted by Crippen LogP contribution is -1.99. The third kappa shape index (κ3) is 6.91. The number of carbonyl (C=O) groups is 1. The van der Waals surface area contributed by atoms with Crippen LogP contribution in [-0.2, 0) is 9.53 Å². The Morgan fingerprint density at radius 2 is 1.85 bits per heavy atom. The predicted octanol–water partition coefficient (Wildman–Crippen LogP) is 3.35.